The first-order chi connectivity index (χ1) is 10.0. The van der Waals surface area contributed by atoms with Gasteiger partial charge < -0.3 is 4.74 Å². The molecular weight excluding hydrogens is 328 g/mol. The summed E-state index contributed by atoms with van der Waals surface area (Å²) in [5, 5.41) is 0. The van der Waals surface area contributed by atoms with E-state index in [0.29, 0.717) is 13.0 Å². The number of carbonyl (C=O) groups excluding carboxylic acids is 1. The van der Waals surface area contributed by atoms with Crippen LogP contribution in [0.5, 0.6) is 5.75 Å². The summed E-state index contributed by atoms with van der Waals surface area (Å²) in [5.74, 6) is 1.04. The summed E-state index contributed by atoms with van der Waals surface area (Å²) in [6.07, 6.45) is 1.30. The second kappa shape index (κ2) is 5.64. The van der Waals surface area contributed by atoms with Crippen LogP contribution in [0.15, 0.2) is 34.8 Å². The van der Waals surface area contributed by atoms with Gasteiger partial charge >= 0.3 is 0 Å². The van der Waals surface area contributed by atoms with Crippen LogP contribution in [0.25, 0.3) is 0 Å². The summed E-state index contributed by atoms with van der Waals surface area (Å²) in [6, 6.07) is 10.0. The highest BCUT2D eigenvalue weighted by molar-refractivity contribution is 9.10. The molecular formula is C18H17BrO2. The SMILES string of the molecule is Cc1ccc(C(=O)Cc2cc(Br)cc3c2OCC3)c(C)c1. The van der Waals surface area contributed by atoms with Gasteiger partial charge in [-0.3, -0.25) is 4.79 Å². The predicted octanol–water partition coefficient (Wildman–Crippen LogP) is 4.43. The molecule has 3 rings (SSSR count). The molecule has 2 aromatic rings. The average molecular weight is 345 g/mol. The lowest BCUT2D eigenvalue weighted by atomic mass is 9.96. The molecule has 0 radical (unpaired) electrons. The highest BCUT2D eigenvalue weighted by Gasteiger charge is 2.20. The fourth-order valence-corrected chi connectivity index (χ4v) is 3.42. The number of ketones is 1. The number of hydrogen-bond donors (Lipinski definition) is 0. The summed E-state index contributed by atoms with van der Waals surface area (Å²) in [6.45, 7) is 4.73. The van der Waals surface area contributed by atoms with E-state index in [0.717, 1.165) is 33.3 Å². The molecule has 1 heterocycles. The molecule has 0 saturated heterocycles. The molecule has 0 bridgehead atoms. The van der Waals surface area contributed by atoms with Crippen LogP contribution in [0, 0.1) is 13.8 Å². The van der Waals surface area contributed by atoms with Crippen molar-refractivity contribution in [2.75, 3.05) is 6.61 Å². The zero-order valence-electron chi connectivity index (χ0n) is 12.2. The second-order valence-electron chi connectivity index (χ2n) is 5.57. The normalized spacial score (nSPS) is 12.9. The van der Waals surface area contributed by atoms with E-state index in [1.54, 1.807) is 0 Å². The van der Waals surface area contributed by atoms with E-state index < -0.39 is 0 Å². The Morgan fingerprint density at radius 2 is 2.05 bits per heavy atom. The molecule has 0 aliphatic carbocycles. The first-order valence-electron chi connectivity index (χ1n) is 7.09. The Labute approximate surface area is 133 Å². The molecule has 0 aromatic heterocycles. The number of halogens is 1. The molecule has 1 aliphatic rings. The molecule has 2 aromatic carbocycles. The van der Waals surface area contributed by atoms with Gasteiger partial charge in [0.1, 0.15) is 5.75 Å². The number of hydrogen-bond acceptors (Lipinski definition) is 2. The first-order valence-corrected chi connectivity index (χ1v) is 7.88. The van der Waals surface area contributed by atoms with Crippen LogP contribution in [-0.4, -0.2) is 12.4 Å². The molecule has 1 aliphatic heterocycles. The predicted molar refractivity (Wildman–Crippen MR) is 87.3 cm³/mol. The molecule has 0 fully saturated rings. The number of benzene rings is 2. The minimum absolute atomic E-state index is 0.142. The largest absolute Gasteiger partial charge is 0.493 e. The van der Waals surface area contributed by atoms with Crippen LogP contribution >= 0.6 is 15.9 Å². The third-order valence-corrected chi connectivity index (χ3v) is 4.32. The minimum Gasteiger partial charge on any atom is -0.493 e. The van der Waals surface area contributed by atoms with Gasteiger partial charge in [0.2, 0.25) is 0 Å². The van der Waals surface area contributed by atoms with Gasteiger partial charge in [-0.25, -0.2) is 0 Å². The van der Waals surface area contributed by atoms with E-state index in [-0.39, 0.29) is 5.78 Å². The van der Waals surface area contributed by atoms with Crippen LogP contribution < -0.4 is 4.74 Å². The lowest BCUT2D eigenvalue weighted by Gasteiger charge is -2.10. The Morgan fingerprint density at radius 1 is 1.24 bits per heavy atom. The quantitative estimate of drug-likeness (QED) is 0.770. The van der Waals surface area contributed by atoms with Crippen molar-refractivity contribution in [3.63, 3.8) is 0 Å². The fourth-order valence-electron chi connectivity index (χ4n) is 2.87. The van der Waals surface area contributed by atoms with Gasteiger partial charge in [0, 0.05) is 28.4 Å². The second-order valence-corrected chi connectivity index (χ2v) is 6.49. The van der Waals surface area contributed by atoms with Gasteiger partial charge in [-0.05, 0) is 37.1 Å². The highest BCUT2D eigenvalue weighted by atomic mass is 79.9. The van der Waals surface area contributed by atoms with Gasteiger partial charge in [0.25, 0.3) is 0 Å². The van der Waals surface area contributed by atoms with E-state index >= 15 is 0 Å². The Morgan fingerprint density at radius 3 is 2.81 bits per heavy atom. The number of ether oxygens (including phenoxy) is 1. The standard InChI is InChI=1S/C18H17BrO2/c1-11-3-4-16(12(2)7-11)17(20)10-14-9-15(19)8-13-5-6-21-18(13)14/h3-4,7-9H,5-6,10H2,1-2H3. The van der Waals surface area contributed by atoms with Crippen molar-refractivity contribution >= 4 is 21.7 Å². The summed E-state index contributed by atoms with van der Waals surface area (Å²) < 4.78 is 6.71. The number of aryl methyl sites for hydroxylation is 2. The Bertz CT molecular complexity index is 719. The third-order valence-electron chi connectivity index (χ3n) is 3.86. The molecule has 2 nitrogen and oxygen atoms in total. The van der Waals surface area contributed by atoms with Gasteiger partial charge in [0.05, 0.1) is 6.61 Å². The van der Waals surface area contributed by atoms with Crippen molar-refractivity contribution < 1.29 is 9.53 Å². The van der Waals surface area contributed by atoms with E-state index in [9.17, 15) is 4.79 Å². The number of Topliss-reactive ketones (excluding diaryl/α,β-unsaturated/α-hetero) is 1. The van der Waals surface area contributed by atoms with Crippen LogP contribution in [0.4, 0.5) is 0 Å². The molecule has 0 N–H and O–H groups in total. The molecule has 0 atom stereocenters. The summed E-state index contributed by atoms with van der Waals surface area (Å²) >= 11 is 3.52. The van der Waals surface area contributed by atoms with Crippen LogP contribution in [-0.2, 0) is 12.8 Å². The van der Waals surface area contributed by atoms with Gasteiger partial charge in [-0.15, -0.1) is 0 Å². The Hall–Kier alpha value is -1.61. The highest BCUT2D eigenvalue weighted by Crippen LogP contribution is 2.33. The number of rotatable bonds is 3. The van der Waals surface area contributed by atoms with Crippen molar-refractivity contribution in [2.45, 2.75) is 26.7 Å². The first kappa shape index (κ1) is 14.3. The van der Waals surface area contributed by atoms with Crippen LogP contribution in [0.2, 0.25) is 0 Å². The van der Waals surface area contributed by atoms with E-state index in [2.05, 4.69) is 28.1 Å². The van der Waals surface area contributed by atoms with Gasteiger partial charge in [0.15, 0.2) is 5.78 Å². The van der Waals surface area contributed by atoms with Crippen LogP contribution in [0.1, 0.15) is 32.6 Å². The van der Waals surface area contributed by atoms with Gasteiger partial charge in [-0.1, -0.05) is 39.7 Å². The zero-order valence-corrected chi connectivity index (χ0v) is 13.8. The number of fused-ring (bicyclic) bond motifs is 1. The molecule has 108 valence electrons. The summed E-state index contributed by atoms with van der Waals surface area (Å²) in [5.41, 5.74) is 5.17. The van der Waals surface area contributed by atoms with Crippen molar-refractivity contribution in [1.82, 2.24) is 0 Å². The smallest absolute Gasteiger partial charge is 0.167 e. The van der Waals surface area contributed by atoms with E-state index in [1.807, 2.05) is 32.0 Å². The van der Waals surface area contributed by atoms with E-state index in [1.165, 1.54) is 11.1 Å². The minimum atomic E-state index is 0.142. The molecule has 0 unspecified atom stereocenters. The maximum Gasteiger partial charge on any atom is 0.167 e. The molecule has 21 heavy (non-hydrogen) atoms. The maximum absolute atomic E-state index is 12.6. The molecule has 0 spiro atoms. The summed E-state index contributed by atoms with van der Waals surface area (Å²) in [4.78, 5) is 12.6. The Kier molecular flexibility index (Phi) is 3.85. The van der Waals surface area contributed by atoms with Crippen molar-refractivity contribution in [3.8, 4) is 5.75 Å². The number of carbonyl (C=O) groups is 1. The van der Waals surface area contributed by atoms with Crippen molar-refractivity contribution in [3.05, 3.63) is 62.6 Å². The average Bonchev–Trinajstić information content (AvgIpc) is 2.86. The molecule has 0 saturated carbocycles. The Balaban J connectivity index is 1.92. The van der Waals surface area contributed by atoms with Crippen molar-refractivity contribution in [2.24, 2.45) is 0 Å². The molecule has 3 heteroatoms. The molecule has 0 amide bonds. The monoisotopic (exact) mass is 344 g/mol. The lowest BCUT2D eigenvalue weighted by Crippen LogP contribution is -2.07. The third kappa shape index (κ3) is 2.88. The summed E-state index contributed by atoms with van der Waals surface area (Å²) in [7, 11) is 0. The van der Waals surface area contributed by atoms with Crippen LogP contribution in [0.3, 0.4) is 0 Å². The fraction of sp³-hybridized carbons (Fsp3) is 0.278. The zero-order chi connectivity index (χ0) is 15.0. The topological polar surface area (TPSA) is 26.3 Å². The van der Waals surface area contributed by atoms with Gasteiger partial charge in [-0.2, -0.15) is 0 Å². The van der Waals surface area contributed by atoms with E-state index in [4.69, 9.17) is 4.74 Å². The maximum atomic E-state index is 12.6. The van der Waals surface area contributed by atoms with Crippen molar-refractivity contribution in [1.29, 1.82) is 0 Å². The lowest BCUT2D eigenvalue weighted by molar-refractivity contribution is 0.0991.